The molecule has 1 heterocycles. The number of ketones is 1. The van der Waals surface area contributed by atoms with Gasteiger partial charge in [0.15, 0.2) is 11.5 Å². The Balaban J connectivity index is 1.97. The van der Waals surface area contributed by atoms with E-state index in [9.17, 15) is 14.7 Å². The van der Waals surface area contributed by atoms with Crippen LogP contribution in [0, 0.1) is 6.92 Å². The molecule has 1 N–H and O–H groups in total. The lowest BCUT2D eigenvalue weighted by molar-refractivity contribution is -0.132. The summed E-state index contributed by atoms with van der Waals surface area (Å²) in [6, 6.07) is 16.3. The van der Waals surface area contributed by atoms with Crippen molar-refractivity contribution in [3.63, 3.8) is 0 Å². The van der Waals surface area contributed by atoms with Crippen molar-refractivity contribution >= 4 is 23.1 Å². The molecule has 1 saturated heterocycles. The number of hydrogen-bond donors (Lipinski definition) is 1. The van der Waals surface area contributed by atoms with Crippen LogP contribution in [0.3, 0.4) is 0 Å². The number of aliphatic hydroxyl groups is 1. The highest BCUT2D eigenvalue weighted by molar-refractivity contribution is 6.52. The van der Waals surface area contributed by atoms with E-state index in [0.717, 1.165) is 5.56 Å². The molecule has 1 atom stereocenters. The Morgan fingerprint density at radius 1 is 0.842 bits per heavy atom. The molecule has 8 nitrogen and oxygen atoms in total. The molecule has 4 rings (SSSR count). The van der Waals surface area contributed by atoms with Crippen LogP contribution in [0.5, 0.6) is 23.0 Å². The molecule has 1 aliphatic heterocycles. The summed E-state index contributed by atoms with van der Waals surface area (Å²) < 4.78 is 22.3. The molecule has 0 bridgehead atoms. The zero-order chi connectivity index (χ0) is 27.4. The molecule has 8 heteroatoms. The fourth-order valence-electron chi connectivity index (χ4n) is 4.63. The summed E-state index contributed by atoms with van der Waals surface area (Å²) in [5, 5.41) is 11.5. The van der Waals surface area contributed by atoms with E-state index in [2.05, 4.69) is 0 Å². The summed E-state index contributed by atoms with van der Waals surface area (Å²) in [5.74, 6) is 0.172. The minimum atomic E-state index is -0.955. The van der Waals surface area contributed by atoms with Crippen molar-refractivity contribution in [2.45, 2.75) is 26.8 Å². The second-order valence-electron chi connectivity index (χ2n) is 8.60. The van der Waals surface area contributed by atoms with E-state index in [-0.39, 0.29) is 11.3 Å². The molecule has 38 heavy (non-hydrogen) atoms. The summed E-state index contributed by atoms with van der Waals surface area (Å²) >= 11 is 0. The zero-order valence-corrected chi connectivity index (χ0v) is 22.1. The second kappa shape index (κ2) is 11.3. The minimum absolute atomic E-state index is 0.0444. The van der Waals surface area contributed by atoms with Gasteiger partial charge in [0.1, 0.15) is 17.3 Å². The van der Waals surface area contributed by atoms with Gasteiger partial charge in [-0.3, -0.25) is 14.5 Å². The van der Waals surface area contributed by atoms with Gasteiger partial charge in [0, 0.05) is 5.56 Å². The van der Waals surface area contributed by atoms with E-state index < -0.39 is 17.7 Å². The highest BCUT2D eigenvalue weighted by atomic mass is 16.5. The van der Waals surface area contributed by atoms with Crippen molar-refractivity contribution < 1.29 is 33.6 Å². The van der Waals surface area contributed by atoms with Crippen LogP contribution in [0.2, 0.25) is 0 Å². The predicted molar refractivity (Wildman–Crippen MR) is 144 cm³/mol. The molecule has 0 radical (unpaired) electrons. The van der Waals surface area contributed by atoms with E-state index in [4.69, 9.17) is 18.9 Å². The van der Waals surface area contributed by atoms with E-state index in [0.29, 0.717) is 53.0 Å². The van der Waals surface area contributed by atoms with E-state index in [1.807, 2.05) is 20.8 Å². The summed E-state index contributed by atoms with van der Waals surface area (Å²) in [6.45, 7) is 6.47. The molecule has 0 saturated carbocycles. The summed E-state index contributed by atoms with van der Waals surface area (Å²) in [6.07, 6.45) is 0. The smallest absolute Gasteiger partial charge is 0.300 e. The van der Waals surface area contributed by atoms with Gasteiger partial charge in [0.05, 0.1) is 44.7 Å². The molecule has 0 aromatic heterocycles. The van der Waals surface area contributed by atoms with Crippen LogP contribution in [-0.4, -0.2) is 44.2 Å². The van der Waals surface area contributed by atoms with Gasteiger partial charge in [-0.2, -0.15) is 0 Å². The standard InChI is InChI=1S/C30H31NO7/c1-6-37-22-14-13-20(16-18(22)3)28(32)26-27(19-12-15-24(36-5)25(17-19)38-7-2)31(30(34)29(26)33)21-10-8-9-11-23(21)35-4/h8-17,27,32H,6-7H2,1-5H3/b28-26-. The number of aryl methyl sites for hydroxylation is 1. The summed E-state index contributed by atoms with van der Waals surface area (Å²) in [7, 11) is 3.03. The van der Waals surface area contributed by atoms with Gasteiger partial charge in [-0.1, -0.05) is 18.2 Å². The monoisotopic (exact) mass is 517 g/mol. The molecule has 1 fully saturated rings. The fourth-order valence-corrected chi connectivity index (χ4v) is 4.63. The lowest BCUT2D eigenvalue weighted by Gasteiger charge is -2.27. The average Bonchev–Trinajstić information content (AvgIpc) is 3.19. The van der Waals surface area contributed by atoms with Crippen molar-refractivity contribution in [1.82, 2.24) is 0 Å². The van der Waals surface area contributed by atoms with Crippen LogP contribution < -0.4 is 23.8 Å². The highest BCUT2D eigenvalue weighted by Crippen LogP contribution is 2.46. The summed E-state index contributed by atoms with van der Waals surface area (Å²) in [4.78, 5) is 28.4. The number of ether oxygens (including phenoxy) is 4. The summed E-state index contributed by atoms with van der Waals surface area (Å²) in [5.41, 5.74) is 2.10. The van der Waals surface area contributed by atoms with Crippen LogP contribution in [0.25, 0.3) is 5.76 Å². The van der Waals surface area contributed by atoms with E-state index in [1.165, 1.54) is 19.1 Å². The molecule has 3 aromatic carbocycles. The third kappa shape index (κ3) is 4.77. The lowest BCUT2D eigenvalue weighted by Crippen LogP contribution is -2.29. The lowest BCUT2D eigenvalue weighted by atomic mass is 9.94. The third-order valence-corrected chi connectivity index (χ3v) is 6.34. The fraction of sp³-hybridized carbons (Fsp3) is 0.267. The van der Waals surface area contributed by atoms with Crippen molar-refractivity contribution in [3.8, 4) is 23.0 Å². The first-order chi connectivity index (χ1) is 18.4. The number of nitrogens with zero attached hydrogens (tertiary/aromatic N) is 1. The Kier molecular flexibility index (Phi) is 7.90. The van der Waals surface area contributed by atoms with Crippen molar-refractivity contribution in [2.24, 2.45) is 0 Å². The van der Waals surface area contributed by atoms with Gasteiger partial charge < -0.3 is 24.1 Å². The number of amides is 1. The SMILES string of the molecule is CCOc1ccc(/C(O)=C2/C(=O)C(=O)N(c3ccccc3OC)C2c2ccc(OC)c(OCC)c2)cc1C. The number of carbonyl (C=O) groups excluding carboxylic acids is 2. The van der Waals surface area contributed by atoms with Gasteiger partial charge in [0.2, 0.25) is 0 Å². The van der Waals surface area contributed by atoms with E-state index in [1.54, 1.807) is 60.7 Å². The van der Waals surface area contributed by atoms with Crippen molar-refractivity contribution in [1.29, 1.82) is 0 Å². The Bertz CT molecular complexity index is 1400. The first kappa shape index (κ1) is 26.6. The number of Topliss-reactive ketones (excluding diaryl/α,β-unsaturated/α-hetero) is 1. The Labute approximate surface area is 222 Å². The van der Waals surface area contributed by atoms with Gasteiger partial charge in [-0.15, -0.1) is 0 Å². The Morgan fingerprint density at radius 3 is 2.16 bits per heavy atom. The Hall–Kier alpha value is -4.46. The highest BCUT2D eigenvalue weighted by Gasteiger charge is 2.48. The molecular weight excluding hydrogens is 486 g/mol. The van der Waals surface area contributed by atoms with E-state index >= 15 is 0 Å². The molecule has 1 amide bonds. The quantitative estimate of drug-likeness (QED) is 0.230. The average molecular weight is 518 g/mol. The van der Waals surface area contributed by atoms with Crippen LogP contribution in [-0.2, 0) is 9.59 Å². The third-order valence-electron chi connectivity index (χ3n) is 6.34. The van der Waals surface area contributed by atoms with Crippen LogP contribution in [0.15, 0.2) is 66.2 Å². The maximum atomic E-state index is 13.5. The molecule has 0 spiro atoms. The van der Waals surface area contributed by atoms with Crippen molar-refractivity contribution in [3.05, 3.63) is 82.9 Å². The molecular formula is C30H31NO7. The number of carbonyl (C=O) groups is 2. The van der Waals surface area contributed by atoms with Crippen LogP contribution in [0.1, 0.15) is 36.6 Å². The molecule has 1 unspecified atom stereocenters. The molecule has 3 aromatic rings. The number of methoxy groups -OCH3 is 2. The number of benzene rings is 3. The number of rotatable bonds is 9. The first-order valence-corrected chi connectivity index (χ1v) is 12.3. The van der Waals surface area contributed by atoms with Gasteiger partial charge in [-0.25, -0.2) is 0 Å². The Morgan fingerprint density at radius 2 is 1.50 bits per heavy atom. The van der Waals surface area contributed by atoms with Gasteiger partial charge >= 0.3 is 0 Å². The topological polar surface area (TPSA) is 94.5 Å². The van der Waals surface area contributed by atoms with Crippen LogP contribution in [0.4, 0.5) is 5.69 Å². The number of anilines is 1. The largest absolute Gasteiger partial charge is 0.507 e. The number of hydrogen-bond acceptors (Lipinski definition) is 7. The first-order valence-electron chi connectivity index (χ1n) is 12.3. The predicted octanol–water partition coefficient (Wildman–Crippen LogP) is 5.44. The van der Waals surface area contributed by atoms with Crippen molar-refractivity contribution in [2.75, 3.05) is 32.3 Å². The molecule has 198 valence electrons. The zero-order valence-electron chi connectivity index (χ0n) is 22.1. The maximum absolute atomic E-state index is 13.5. The van der Waals surface area contributed by atoms with Gasteiger partial charge in [-0.05, 0) is 74.4 Å². The molecule has 0 aliphatic carbocycles. The normalized spacial score (nSPS) is 16.4. The number of aliphatic hydroxyl groups excluding tert-OH is 1. The molecule has 1 aliphatic rings. The second-order valence-corrected chi connectivity index (χ2v) is 8.60. The minimum Gasteiger partial charge on any atom is -0.507 e. The van der Waals surface area contributed by atoms with Crippen LogP contribution >= 0.6 is 0 Å². The maximum Gasteiger partial charge on any atom is 0.300 e. The number of para-hydroxylation sites is 2. The van der Waals surface area contributed by atoms with Gasteiger partial charge in [0.25, 0.3) is 11.7 Å².